The van der Waals surface area contributed by atoms with Crippen LogP contribution in [0.1, 0.15) is 25.0 Å². The van der Waals surface area contributed by atoms with Crippen molar-refractivity contribution in [3.8, 4) is 0 Å². The highest BCUT2D eigenvalue weighted by molar-refractivity contribution is 7.89. The van der Waals surface area contributed by atoms with Gasteiger partial charge in [0, 0.05) is 13.7 Å². The number of nitrogens with two attached hydrogens (primary N) is 1. The van der Waals surface area contributed by atoms with Gasteiger partial charge in [0.1, 0.15) is 5.76 Å². The Labute approximate surface area is 107 Å². The summed E-state index contributed by atoms with van der Waals surface area (Å²) in [7, 11) is -2.04. The first-order valence-electron chi connectivity index (χ1n) is 5.83. The predicted molar refractivity (Wildman–Crippen MR) is 65.4 cm³/mol. The van der Waals surface area contributed by atoms with Crippen LogP contribution in [0.3, 0.4) is 0 Å². The Morgan fingerprint density at radius 3 is 2.67 bits per heavy atom. The van der Waals surface area contributed by atoms with Crippen molar-refractivity contribution in [2.45, 2.75) is 36.5 Å². The maximum atomic E-state index is 11.0. The molecule has 6 nitrogen and oxygen atoms in total. The highest BCUT2D eigenvalue weighted by Crippen LogP contribution is 2.34. The van der Waals surface area contributed by atoms with Crippen LogP contribution in [0.2, 0.25) is 0 Å². The molecule has 3 N–H and O–H groups in total. The molecule has 0 saturated heterocycles. The highest BCUT2D eigenvalue weighted by atomic mass is 32.2. The summed E-state index contributed by atoms with van der Waals surface area (Å²) in [4.78, 5) is 0. The zero-order valence-electron chi connectivity index (χ0n) is 10.3. The molecule has 1 aromatic heterocycles. The van der Waals surface area contributed by atoms with Crippen LogP contribution in [0.15, 0.2) is 21.6 Å². The van der Waals surface area contributed by atoms with Gasteiger partial charge in [-0.1, -0.05) is 0 Å². The van der Waals surface area contributed by atoms with E-state index in [1.165, 1.54) is 12.5 Å². The van der Waals surface area contributed by atoms with Gasteiger partial charge in [0.05, 0.1) is 12.1 Å². The molecule has 0 aromatic carbocycles. The Kier molecular flexibility index (Phi) is 3.76. The number of rotatable bonds is 6. The normalized spacial score (nSPS) is 18.6. The van der Waals surface area contributed by atoms with Gasteiger partial charge in [-0.15, -0.1) is 0 Å². The van der Waals surface area contributed by atoms with Crippen LogP contribution >= 0.6 is 0 Å². The lowest BCUT2D eigenvalue weighted by molar-refractivity contribution is -0.0697. The van der Waals surface area contributed by atoms with Crippen LogP contribution in [0.4, 0.5) is 0 Å². The molecule has 18 heavy (non-hydrogen) atoms. The van der Waals surface area contributed by atoms with Gasteiger partial charge < -0.3 is 14.5 Å². The van der Waals surface area contributed by atoms with Crippen LogP contribution in [-0.4, -0.2) is 27.7 Å². The number of hydrogen-bond donors (Lipinski definition) is 2. The number of primary sulfonamides is 1. The standard InChI is InChI=1S/C11H18N2O4S/c1-16-11(5-2-6-11)8-13-7-9-3-4-10(17-9)18(12,14)15/h3-4,13H,2,5-8H2,1H3,(H2,12,14,15). The molecule has 1 aliphatic carbocycles. The molecule has 0 unspecified atom stereocenters. The molecule has 1 fully saturated rings. The largest absolute Gasteiger partial charge is 0.447 e. The second-order valence-electron chi connectivity index (χ2n) is 4.61. The van der Waals surface area contributed by atoms with Crippen molar-refractivity contribution in [2.75, 3.05) is 13.7 Å². The Morgan fingerprint density at radius 1 is 1.50 bits per heavy atom. The van der Waals surface area contributed by atoms with E-state index in [0.717, 1.165) is 19.4 Å². The maximum absolute atomic E-state index is 11.0. The highest BCUT2D eigenvalue weighted by Gasteiger charge is 2.36. The third-order valence-corrected chi connectivity index (χ3v) is 4.14. The van der Waals surface area contributed by atoms with Crippen LogP contribution in [0.5, 0.6) is 0 Å². The number of hydrogen-bond acceptors (Lipinski definition) is 5. The second kappa shape index (κ2) is 5.00. The van der Waals surface area contributed by atoms with E-state index in [0.29, 0.717) is 12.3 Å². The van der Waals surface area contributed by atoms with Gasteiger partial charge in [-0.25, -0.2) is 13.6 Å². The van der Waals surface area contributed by atoms with Gasteiger partial charge in [0.2, 0.25) is 5.09 Å². The lowest BCUT2D eigenvalue weighted by Crippen LogP contribution is -2.47. The zero-order valence-corrected chi connectivity index (χ0v) is 11.1. The number of sulfonamides is 1. The van der Waals surface area contributed by atoms with E-state index in [1.807, 2.05) is 0 Å². The number of nitrogens with one attached hydrogen (secondary N) is 1. The summed E-state index contributed by atoms with van der Waals surface area (Å²) in [6.07, 6.45) is 3.29. The van der Waals surface area contributed by atoms with Crippen molar-refractivity contribution in [1.82, 2.24) is 5.32 Å². The molecular formula is C11H18N2O4S. The SMILES string of the molecule is COC1(CNCc2ccc(S(N)(=O)=O)o2)CCC1. The first-order valence-corrected chi connectivity index (χ1v) is 7.37. The van der Waals surface area contributed by atoms with E-state index < -0.39 is 10.0 Å². The minimum Gasteiger partial charge on any atom is -0.447 e. The van der Waals surface area contributed by atoms with Crippen LogP contribution in [-0.2, 0) is 21.3 Å². The van der Waals surface area contributed by atoms with Crippen molar-refractivity contribution in [3.63, 3.8) is 0 Å². The van der Waals surface area contributed by atoms with E-state index in [1.54, 1.807) is 13.2 Å². The lowest BCUT2D eigenvalue weighted by Gasteiger charge is -2.40. The second-order valence-corrected chi connectivity index (χ2v) is 6.10. The summed E-state index contributed by atoms with van der Waals surface area (Å²) in [6, 6.07) is 2.97. The van der Waals surface area contributed by atoms with Crippen LogP contribution in [0, 0.1) is 0 Å². The molecule has 0 radical (unpaired) electrons. The average molecular weight is 274 g/mol. The topological polar surface area (TPSA) is 94.6 Å². The van der Waals surface area contributed by atoms with Crippen molar-refractivity contribution in [1.29, 1.82) is 0 Å². The van der Waals surface area contributed by atoms with Crippen LogP contribution in [0.25, 0.3) is 0 Å². The fourth-order valence-electron chi connectivity index (χ4n) is 2.04. The molecule has 0 atom stereocenters. The number of ether oxygens (including phenoxy) is 1. The molecule has 7 heteroatoms. The molecule has 0 spiro atoms. The average Bonchev–Trinajstić information content (AvgIpc) is 2.70. The quantitative estimate of drug-likeness (QED) is 0.791. The summed E-state index contributed by atoms with van der Waals surface area (Å²) >= 11 is 0. The Morgan fingerprint density at radius 2 is 2.22 bits per heavy atom. The molecule has 1 aliphatic rings. The summed E-state index contributed by atoms with van der Waals surface area (Å²) in [6.45, 7) is 1.19. The summed E-state index contributed by atoms with van der Waals surface area (Å²) in [5.41, 5.74) is -0.0602. The summed E-state index contributed by atoms with van der Waals surface area (Å²) < 4.78 is 32.6. The number of furan rings is 1. The van der Waals surface area contributed by atoms with Gasteiger partial charge in [0.15, 0.2) is 0 Å². The van der Waals surface area contributed by atoms with Crippen molar-refractivity contribution >= 4 is 10.0 Å². The van der Waals surface area contributed by atoms with Gasteiger partial charge in [-0.3, -0.25) is 0 Å². The first kappa shape index (κ1) is 13.5. The summed E-state index contributed by atoms with van der Waals surface area (Å²) in [5.74, 6) is 0.546. The van der Waals surface area contributed by atoms with E-state index in [9.17, 15) is 8.42 Å². The van der Waals surface area contributed by atoms with Crippen molar-refractivity contribution in [2.24, 2.45) is 5.14 Å². The van der Waals surface area contributed by atoms with Gasteiger partial charge in [-0.05, 0) is 31.4 Å². The predicted octanol–water partition coefficient (Wildman–Crippen LogP) is 0.586. The molecule has 1 aromatic rings. The molecule has 0 amide bonds. The lowest BCUT2D eigenvalue weighted by atomic mass is 9.80. The molecule has 102 valence electrons. The minimum absolute atomic E-state index is 0.0602. The van der Waals surface area contributed by atoms with Crippen molar-refractivity contribution < 1.29 is 17.6 Å². The molecule has 1 heterocycles. The molecule has 2 rings (SSSR count). The smallest absolute Gasteiger partial charge is 0.271 e. The van der Waals surface area contributed by atoms with Crippen molar-refractivity contribution in [3.05, 3.63) is 17.9 Å². The monoisotopic (exact) mass is 274 g/mol. The van der Waals surface area contributed by atoms with E-state index in [2.05, 4.69) is 5.32 Å². The Hall–Kier alpha value is -0.890. The zero-order chi connectivity index (χ0) is 13.2. The summed E-state index contributed by atoms with van der Waals surface area (Å²) in [5, 5.41) is 7.96. The van der Waals surface area contributed by atoms with E-state index in [-0.39, 0.29) is 10.7 Å². The first-order chi connectivity index (χ1) is 8.45. The molecule has 0 aliphatic heterocycles. The Bertz CT molecular complexity index is 499. The van der Waals surface area contributed by atoms with Crippen LogP contribution < -0.4 is 10.5 Å². The molecule has 1 saturated carbocycles. The number of methoxy groups -OCH3 is 1. The third kappa shape index (κ3) is 2.92. The van der Waals surface area contributed by atoms with Gasteiger partial charge in [-0.2, -0.15) is 0 Å². The fraction of sp³-hybridized carbons (Fsp3) is 0.636. The van der Waals surface area contributed by atoms with E-state index >= 15 is 0 Å². The van der Waals surface area contributed by atoms with Gasteiger partial charge in [0.25, 0.3) is 10.0 Å². The van der Waals surface area contributed by atoms with E-state index in [4.69, 9.17) is 14.3 Å². The van der Waals surface area contributed by atoms with Gasteiger partial charge >= 0.3 is 0 Å². The third-order valence-electron chi connectivity index (χ3n) is 3.36. The molecule has 0 bridgehead atoms. The molecular weight excluding hydrogens is 256 g/mol. The maximum Gasteiger partial charge on any atom is 0.271 e. The Balaban J connectivity index is 1.85. The fourth-order valence-corrected chi connectivity index (χ4v) is 2.52. The minimum atomic E-state index is -3.75.